The van der Waals surface area contributed by atoms with Crippen LogP contribution >= 0.6 is 0 Å². The highest BCUT2D eigenvalue weighted by atomic mass is 19.1. The van der Waals surface area contributed by atoms with Gasteiger partial charge in [0.05, 0.1) is 7.11 Å². The molecule has 6 heteroatoms. The van der Waals surface area contributed by atoms with Gasteiger partial charge in [0.15, 0.2) is 17.4 Å². The Morgan fingerprint density at radius 3 is 2.33 bits per heavy atom. The number of aromatic hydroxyl groups is 1. The van der Waals surface area contributed by atoms with Gasteiger partial charge >= 0.3 is 5.97 Å². The molecule has 0 radical (unpaired) electrons. The SMILES string of the molecule is COC(=O)C(C)(C)NCc1cc(F)c(O)c(F)c1. The molecule has 0 aliphatic carbocycles. The molecule has 0 spiro atoms. The van der Waals surface area contributed by atoms with Gasteiger partial charge < -0.3 is 9.84 Å². The van der Waals surface area contributed by atoms with Crippen molar-refractivity contribution in [2.24, 2.45) is 0 Å². The molecular formula is C12H15F2NO3. The standard InChI is InChI=1S/C12H15F2NO3/c1-12(2,11(17)18-3)15-6-7-4-8(13)10(16)9(14)5-7/h4-5,15-16H,6H2,1-3H3. The Morgan fingerprint density at radius 2 is 1.89 bits per heavy atom. The third-order valence-electron chi connectivity index (χ3n) is 2.51. The summed E-state index contributed by atoms with van der Waals surface area (Å²) in [5, 5.41) is 11.8. The number of halogens is 2. The van der Waals surface area contributed by atoms with E-state index in [0.717, 1.165) is 12.1 Å². The van der Waals surface area contributed by atoms with Crippen molar-refractivity contribution in [3.05, 3.63) is 29.3 Å². The van der Waals surface area contributed by atoms with E-state index in [9.17, 15) is 13.6 Å². The Bertz CT molecular complexity index is 438. The highest BCUT2D eigenvalue weighted by molar-refractivity contribution is 5.79. The van der Waals surface area contributed by atoms with Crippen molar-refractivity contribution in [1.82, 2.24) is 5.32 Å². The van der Waals surface area contributed by atoms with Gasteiger partial charge in [-0.1, -0.05) is 0 Å². The van der Waals surface area contributed by atoms with E-state index in [1.54, 1.807) is 13.8 Å². The normalized spacial score (nSPS) is 11.4. The zero-order valence-electron chi connectivity index (χ0n) is 10.4. The minimum atomic E-state index is -1.04. The van der Waals surface area contributed by atoms with Crippen molar-refractivity contribution < 1.29 is 23.4 Å². The number of benzene rings is 1. The first-order valence-corrected chi connectivity index (χ1v) is 5.28. The average molecular weight is 259 g/mol. The van der Waals surface area contributed by atoms with Crippen molar-refractivity contribution in [2.45, 2.75) is 25.9 Å². The Balaban J connectivity index is 2.78. The lowest BCUT2D eigenvalue weighted by Crippen LogP contribution is -2.46. The van der Waals surface area contributed by atoms with Crippen LogP contribution in [-0.4, -0.2) is 23.7 Å². The van der Waals surface area contributed by atoms with Crippen molar-refractivity contribution in [3.63, 3.8) is 0 Å². The Morgan fingerprint density at radius 1 is 1.39 bits per heavy atom. The maximum Gasteiger partial charge on any atom is 0.325 e. The van der Waals surface area contributed by atoms with E-state index in [0.29, 0.717) is 0 Å². The number of esters is 1. The van der Waals surface area contributed by atoms with E-state index in [-0.39, 0.29) is 12.1 Å². The topological polar surface area (TPSA) is 58.6 Å². The molecule has 0 aliphatic heterocycles. The van der Waals surface area contributed by atoms with E-state index in [1.807, 2.05) is 0 Å². The quantitative estimate of drug-likeness (QED) is 0.808. The molecular weight excluding hydrogens is 244 g/mol. The Hall–Kier alpha value is -1.69. The fourth-order valence-corrected chi connectivity index (χ4v) is 1.37. The summed E-state index contributed by atoms with van der Waals surface area (Å²) in [4.78, 5) is 11.4. The van der Waals surface area contributed by atoms with E-state index < -0.39 is 28.9 Å². The summed E-state index contributed by atoms with van der Waals surface area (Å²) in [7, 11) is 1.26. The number of ether oxygens (including phenoxy) is 1. The van der Waals surface area contributed by atoms with Crippen LogP contribution in [0.4, 0.5) is 8.78 Å². The van der Waals surface area contributed by atoms with Gasteiger partial charge in [-0.2, -0.15) is 0 Å². The van der Waals surface area contributed by atoms with Crippen LogP contribution in [0.3, 0.4) is 0 Å². The summed E-state index contributed by atoms with van der Waals surface area (Å²) in [6.45, 7) is 3.24. The molecule has 1 aromatic rings. The fourth-order valence-electron chi connectivity index (χ4n) is 1.37. The molecule has 18 heavy (non-hydrogen) atoms. The van der Waals surface area contributed by atoms with Gasteiger partial charge in [0, 0.05) is 6.54 Å². The number of hydrogen-bond acceptors (Lipinski definition) is 4. The number of rotatable bonds is 4. The van der Waals surface area contributed by atoms with Crippen molar-refractivity contribution in [2.75, 3.05) is 7.11 Å². The van der Waals surface area contributed by atoms with Crippen LogP contribution in [0.2, 0.25) is 0 Å². The Kier molecular flexibility index (Phi) is 4.24. The highest BCUT2D eigenvalue weighted by Crippen LogP contribution is 2.21. The molecule has 0 bridgehead atoms. The van der Waals surface area contributed by atoms with E-state index in [2.05, 4.69) is 10.1 Å². The first-order valence-electron chi connectivity index (χ1n) is 5.28. The third kappa shape index (κ3) is 3.16. The molecule has 2 N–H and O–H groups in total. The molecule has 0 amide bonds. The molecule has 4 nitrogen and oxygen atoms in total. The molecule has 0 fully saturated rings. The molecule has 0 saturated carbocycles. The first kappa shape index (κ1) is 14.4. The molecule has 1 rings (SSSR count). The number of phenolic OH excluding ortho intramolecular Hbond substituents is 1. The Labute approximate surface area is 104 Å². The second-order valence-corrected chi connectivity index (χ2v) is 4.38. The lowest BCUT2D eigenvalue weighted by Gasteiger charge is -2.23. The van der Waals surface area contributed by atoms with Gasteiger partial charge in [-0.15, -0.1) is 0 Å². The summed E-state index contributed by atoms with van der Waals surface area (Å²) in [5.74, 6) is -3.57. The number of hydrogen-bond donors (Lipinski definition) is 2. The van der Waals surface area contributed by atoms with Gasteiger partial charge in [0.25, 0.3) is 0 Å². The third-order valence-corrected chi connectivity index (χ3v) is 2.51. The number of carbonyl (C=O) groups is 1. The van der Waals surface area contributed by atoms with Gasteiger partial charge in [-0.3, -0.25) is 10.1 Å². The van der Waals surface area contributed by atoms with Gasteiger partial charge in [0.2, 0.25) is 0 Å². The van der Waals surface area contributed by atoms with Crippen molar-refractivity contribution in [3.8, 4) is 5.75 Å². The van der Waals surface area contributed by atoms with Crippen molar-refractivity contribution in [1.29, 1.82) is 0 Å². The molecule has 0 atom stereocenters. The molecule has 0 unspecified atom stereocenters. The molecule has 0 aromatic heterocycles. The lowest BCUT2D eigenvalue weighted by atomic mass is 10.1. The molecule has 100 valence electrons. The smallest absolute Gasteiger partial charge is 0.325 e. The fraction of sp³-hybridized carbons (Fsp3) is 0.417. The van der Waals surface area contributed by atoms with E-state index in [1.165, 1.54) is 7.11 Å². The molecule has 0 heterocycles. The van der Waals surface area contributed by atoms with Gasteiger partial charge in [-0.05, 0) is 31.5 Å². The number of methoxy groups -OCH3 is 1. The number of carbonyl (C=O) groups excluding carboxylic acids is 1. The van der Waals surface area contributed by atoms with Crippen LogP contribution in [0.15, 0.2) is 12.1 Å². The summed E-state index contributed by atoms with van der Waals surface area (Å²) < 4.78 is 30.7. The maximum absolute atomic E-state index is 13.1. The number of nitrogens with one attached hydrogen (secondary N) is 1. The largest absolute Gasteiger partial charge is 0.503 e. The first-order chi connectivity index (χ1) is 8.27. The zero-order valence-corrected chi connectivity index (χ0v) is 10.4. The molecule has 1 aromatic carbocycles. The van der Waals surface area contributed by atoms with Crippen molar-refractivity contribution >= 4 is 5.97 Å². The van der Waals surface area contributed by atoms with E-state index >= 15 is 0 Å². The summed E-state index contributed by atoms with van der Waals surface area (Å²) in [6, 6.07) is 2.00. The predicted octanol–water partition coefficient (Wildman–Crippen LogP) is 1.71. The zero-order chi connectivity index (χ0) is 13.9. The van der Waals surface area contributed by atoms with Crippen LogP contribution in [0, 0.1) is 11.6 Å². The second kappa shape index (κ2) is 5.30. The van der Waals surface area contributed by atoms with Crippen LogP contribution in [0.5, 0.6) is 5.75 Å². The average Bonchev–Trinajstić information content (AvgIpc) is 2.32. The maximum atomic E-state index is 13.1. The molecule has 0 saturated heterocycles. The van der Waals surface area contributed by atoms with Crippen LogP contribution in [-0.2, 0) is 16.1 Å². The lowest BCUT2D eigenvalue weighted by molar-refractivity contribution is -0.147. The van der Waals surface area contributed by atoms with E-state index in [4.69, 9.17) is 5.11 Å². The number of phenols is 1. The summed E-state index contributed by atoms with van der Waals surface area (Å²) in [6.07, 6.45) is 0. The van der Waals surface area contributed by atoms with Gasteiger partial charge in [-0.25, -0.2) is 8.78 Å². The van der Waals surface area contributed by atoms with Gasteiger partial charge in [0.1, 0.15) is 5.54 Å². The second-order valence-electron chi connectivity index (χ2n) is 4.38. The van der Waals surface area contributed by atoms with Crippen LogP contribution in [0.1, 0.15) is 19.4 Å². The monoisotopic (exact) mass is 259 g/mol. The predicted molar refractivity (Wildman–Crippen MR) is 61.0 cm³/mol. The summed E-state index contributed by atoms with van der Waals surface area (Å²) in [5.41, 5.74) is -0.695. The van der Waals surface area contributed by atoms with Crippen LogP contribution < -0.4 is 5.32 Å². The minimum Gasteiger partial charge on any atom is -0.503 e. The molecule has 0 aliphatic rings. The minimum absolute atomic E-state index is 0.0657. The van der Waals surface area contributed by atoms with Crippen LogP contribution in [0.25, 0.3) is 0 Å². The highest BCUT2D eigenvalue weighted by Gasteiger charge is 2.27. The summed E-state index contributed by atoms with van der Waals surface area (Å²) >= 11 is 0.